The SMILES string of the molecule is CC(C)(C)OC(=O)NCCn1nc2c(c1C(=O)O)CCc1nn(C(c3ccccc3)(c3ccccc3)c3ccccc3)cc1-2. The number of alkyl carbamates (subject to hydrolysis) is 1. The fraction of sp³-hybridized carbons (Fsp3) is 0.257. The zero-order valence-electron chi connectivity index (χ0n) is 25.0. The van der Waals surface area contributed by atoms with Gasteiger partial charge in [0, 0.05) is 23.9 Å². The van der Waals surface area contributed by atoms with Crippen LogP contribution in [0.2, 0.25) is 0 Å². The average Bonchev–Trinajstić information content (AvgIpc) is 3.60. The minimum atomic E-state index is -1.06. The highest BCUT2D eigenvalue weighted by Crippen LogP contribution is 2.43. The van der Waals surface area contributed by atoms with Crippen LogP contribution in [0.25, 0.3) is 11.3 Å². The number of carbonyl (C=O) groups is 2. The Labute approximate surface area is 256 Å². The van der Waals surface area contributed by atoms with Gasteiger partial charge in [-0.1, -0.05) is 91.0 Å². The number of hydrogen-bond acceptors (Lipinski definition) is 5. The highest BCUT2D eigenvalue weighted by Gasteiger charge is 2.41. The summed E-state index contributed by atoms with van der Waals surface area (Å²) in [7, 11) is 0. The molecule has 9 heteroatoms. The molecule has 0 spiro atoms. The molecular weight excluding hydrogens is 554 g/mol. The number of amides is 1. The van der Waals surface area contributed by atoms with Gasteiger partial charge in [0.2, 0.25) is 0 Å². The second kappa shape index (κ2) is 11.5. The fourth-order valence-corrected chi connectivity index (χ4v) is 6.07. The van der Waals surface area contributed by atoms with Gasteiger partial charge in [-0.2, -0.15) is 10.2 Å². The van der Waals surface area contributed by atoms with Gasteiger partial charge in [0.05, 0.1) is 17.9 Å². The molecule has 224 valence electrons. The van der Waals surface area contributed by atoms with Crippen molar-refractivity contribution in [1.82, 2.24) is 24.9 Å². The molecule has 5 aromatic rings. The number of nitrogens with one attached hydrogen (secondary N) is 1. The van der Waals surface area contributed by atoms with Gasteiger partial charge < -0.3 is 15.2 Å². The van der Waals surface area contributed by atoms with Crippen LogP contribution in [-0.2, 0) is 29.7 Å². The lowest BCUT2D eigenvalue weighted by molar-refractivity contribution is 0.0525. The summed E-state index contributed by atoms with van der Waals surface area (Å²) >= 11 is 0. The van der Waals surface area contributed by atoms with E-state index in [4.69, 9.17) is 14.9 Å². The first-order valence-corrected chi connectivity index (χ1v) is 14.7. The molecule has 2 aromatic heterocycles. The Balaban J connectivity index is 1.46. The van der Waals surface area contributed by atoms with E-state index in [1.807, 2.05) is 65.5 Å². The van der Waals surface area contributed by atoms with Crippen molar-refractivity contribution in [1.29, 1.82) is 0 Å². The van der Waals surface area contributed by atoms with E-state index in [0.29, 0.717) is 24.1 Å². The number of aromatic nitrogens is 4. The predicted octanol–water partition coefficient (Wildman–Crippen LogP) is 5.91. The van der Waals surface area contributed by atoms with E-state index in [2.05, 4.69) is 41.7 Å². The third kappa shape index (κ3) is 5.25. The molecule has 2 N–H and O–H groups in total. The third-order valence-corrected chi connectivity index (χ3v) is 7.82. The quantitative estimate of drug-likeness (QED) is 0.218. The molecule has 0 radical (unpaired) electrons. The fourth-order valence-electron chi connectivity index (χ4n) is 6.07. The summed E-state index contributed by atoms with van der Waals surface area (Å²) in [5.41, 5.74) is 4.78. The summed E-state index contributed by atoms with van der Waals surface area (Å²) in [6.07, 6.45) is 2.51. The molecule has 0 saturated carbocycles. The minimum Gasteiger partial charge on any atom is -0.477 e. The number of fused-ring (bicyclic) bond motifs is 3. The van der Waals surface area contributed by atoms with E-state index in [0.717, 1.165) is 27.9 Å². The van der Waals surface area contributed by atoms with Gasteiger partial charge in [0.1, 0.15) is 16.8 Å². The molecule has 0 bridgehead atoms. The Hall–Kier alpha value is -5.18. The summed E-state index contributed by atoms with van der Waals surface area (Å²) in [5, 5.41) is 22.9. The number of benzene rings is 3. The van der Waals surface area contributed by atoms with Gasteiger partial charge in [0.25, 0.3) is 0 Å². The van der Waals surface area contributed by atoms with Gasteiger partial charge in [-0.05, 0) is 50.3 Å². The standard InChI is InChI=1S/C35H35N5O4/c1-34(2,3)44-33(43)36-21-22-39-31(32(41)42)27-19-20-29-28(30(27)38-39)23-40(37-29)35(24-13-7-4-8-14-24,25-15-9-5-10-16-25)26-17-11-6-12-18-26/h4-18,23H,19-22H2,1-3H3,(H,36,43)(H,41,42). The molecule has 0 fully saturated rings. The number of aryl methyl sites for hydroxylation is 1. The lowest BCUT2D eigenvalue weighted by atomic mass is 9.77. The molecule has 2 heterocycles. The molecule has 0 atom stereocenters. The topological polar surface area (TPSA) is 111 Å². The maximum Gasteiger partial charge on any atom is 0.407 e. The number of carboxylic acid groups (broad SMARTS) is 1. The zero-order chi connectivity index (χ0) is 30.9. The molecule has 0 saturated heterocycles. The Morgan fingerprint density at radius 1 is 0.841 bits per heavy atom. The average molecular weight is 590 g/mol. The number of aromatic carboxylic acids is 1. The Morgan fingerprint density at radius 3 is 1.89 bits per heavy atom. The van der Waals surface area contributed by atoms with Gasteiger partial charge in [0.15, 0.2) is 0 Å². The zero-order valence-corrected chi connectivity index (χ0v) is 25.0. The van der Waals surface area contributed by atoms with Crippen molar-refractivity contribution in [3.8, 4) is 11.3 Å². The van der Waals surface area contributed by atoms with Gasteiger partial charge in [-0.15, -0.1) is 0 Å². The lowest BCUT2D eigenvalue weighted by Gasteiger charge is -2.36. The highest BCUT2D eigenvalue weighted by molar-refractivity contribution is 5.90. The van der Waals surface area contributed by atoms with Gasteiger partial charge >= 0.3 is 12.1 Å². The molecule has 3 aromatic carbocycles. The van der Waals surface area contributed by atoms with Crippen LogP contribution < -0.4 is 5.32 Å². The maximum atomic E-state index is 12.5. The first-order valence-electron chi connectivity index (χ1n) is 14.7. The molecule has 6 rings (SSSR count). The number of ether oxygens (including phenoxy) is 1. The lowest BCUT2D eigenvalue weighted by Crippen LogP contribution is -2.38. The van der Waals surface area contributed by atoms with Crippen molar-refractivity contribution in [2.45, 2.75) is 51.3 Å². The molecule has 44 heavy (non-hydrogen) atoms. The van der Waals surface area contributed by atoms with Crippen molar-refractivity contribution in [2.24, 2.45) is 0 Å². The number of rotatable bonds is 8. The summed E-state index contributed by atoms with van der Waals surface area (Å²) in [6.45, 7) is 5.71. The second-order valence-electron chi connectivity index (χ2n) is 11.9. The Morgan fingerprint density at radius 2 is 1.39 bits per heavy atom. The number of carboxylic acids is 1. The van der Waals surface area contributed by atoms with E-state index in [-0.39, 0.29) is 18.8 Å². The van der Waals surface area contributed by atoms with E-state index in [1.165, 1.54) is 4.68 Å². The van der Waals surface area contributed by atoms with Crippen LogP contribution in [0.3, 0.4) is 0 Å². The van der Waals surface area contributed by atoms with E-state index in [1.54, 1.807) is 20.8 Å². The Kier molecular flexibility index (Phi) is 7.55. The number of carbonyl (C=O) groups excluding carboxylic acids is 1. The molecule has 1 aliphatic rings. The largest absolute Gasteiger partial charge is 0.477 e. The summed E-state index contributed by atoms with van der Waals surface area (Å²) in [4.78, 5) is 24.7. The first-order chi connectivity index (χ1) is 21.2. The van der Waals surface area contributed by atoms with Gasteiger partial charge in [-0.25, -0.2) is 9.59 Å². The van der Waals surface area contributed by atoms with Crippen LogP contribution in [0.1, 0.15) is 59.2 Å². The molecule has 1 aliphatic carbocycles. The van der Waals surface area contributed by atoms with Crippen molar-refractivity contribution in [2.75, 3.05) is 6.54 Å². The first kappa shape index (κ1) is 28.9. The Bertz CT molecular complexity index is 1690. The number of hydrogen-bond donors (Lipinski definition) is 2. The number of nitrogens with zero attached hydrogens (tertiary/aromatic N) is 4. The monoisotopic (exact) mass is 589 g/mol. The highest BCUT2D eigenvalue weighted by atomic mass is 16.6. The molecule has 1 amide bonds. The normalized spacial score (nSPS) is 12.7. The van der Waals surface area contributed by atoms with Crippen molar-refractivity contribution < 1.29 is 19.4 Å². The predicted molar refractivity (Wildman–Crippen MR) is 167 cm³/mol. The van der Waals surface area contributed by atoms with Crippen molar-refractivity contribution in [3.05, 3.63) is 131 Å². The summed E-state index contributed by atoms with van der Waals surface area (Å²) in [6, 6.07) is 30.9. The third-order valence-electron chi connectivity index (χ3n) is 7.82. The van der Waals surface area contributed by atoms with Crippen molar-refractivity contribution >= 4 is 12.1 Å². The molecule has 0 aliphatic heterocycles. The molecule has 9 nitrogen and oxygen atoms in total. The summed E-state index contributed by atoms with van der Waals surface area (Å²) < 4.78 is 8.80. The van der Waals surface area contributed by atoms with E-state index >= 15 is 0 Å². The molecular formula is C35H35N5O4. The summed E-state index contributed by atoms with van der Waals surface area (Å²) in [5.74, 6) is -1.06. The van der Waals surface area contributed by atoms with Crippen LogP contribution in [0.15, 0.2) is 97.2 Å². The van der Waals surface area contributed by atoms with Crippen LogP contribution in [0.4, 0.5) is 4.79 Å². The maximum absolute atomic E-state index is 12.5. The smallest absolute Gasteiger partial charge is 0.407 e. The minimum absolute atomic E-state index is 0.129. The van der Waals surface area contributed by atoms with Crippen LogP contribution in [0.5, 0.6) is 0 Å². The van der Waals surface area contributed by atoms with E-state index in [9.17, 15) is 14.7 Å². The molecule has 0 unspecified atom stereocenters. The van der Waals surface area contributed by atoms with Crippen molar-refractivity contribution in [3.63, 3.8) is 0 Å². The van der Waals surface area contributed by atoms with Crippen LogP contribution >= 0.6 is 0 Å². The van der Waals surface area contributed by atoms with Crippen LogP contribution in [-0.4, -0.2) is 48.9 Å². The van der Waals surface area contributed by atoms with E-state index < -0.39 is 23.2 Å². The van der Waals surface area contributed by atoms with Gasteiger partial charge in [-0.3, -0.25) is 9.36 Å². The second-order valence-corrected chi connectivity index (χ2v) is 11.9. The van der Waals surface area contributed by atoms with Crippen LogP contribution in [0, 0.1) is 0 Å².